The summed E-state index contributed by atoms with van der Waals surface area (Å²) in [6, 6.07) is 9.80. The number of hydrogen-bond donors (Lipinski definition) is 0. The lowest BCUT2D eigenvalue weighted by atomic mass is 10.2. The Hall–Kier alpha value is -1.73. The average molecular weight is 229 g/mol. The molecule has 0 amide bonds. The minimum absolute atomic E-state index is 0.706. The van der Waals surface area contributed by atoms with Crippen molar-refractivity contribution < 1.29 is 0 Å². The summed E-state index contributed by atoms with van der Waals surface area (Å²) in [5, 5.41) is 9.77. The Labute approximate surface area is 98.7 Å². The Kier molecular flexibility index (Phi) is 3.28. The van der Waals surface area contributed by atoms with Crippen molar-refractivity contribution in [1.82, 2.24) is 9.55 Å². The van der Waals surface area contributed by atoms with Crippen molar-refractivity contribution in [2.45, 2.75) is 10.9 Å². The highest BCUT2D eigenvalue weighted by Crippen LogP contribution is 2.20. The summed E-state index contributed by atoms with van der Waals surface area (Å²) >= 11 is 1.67. The summed E-state index contributed by atoms with van der Waals surface area (Å²) in [4.78, 5) is 4.23. The monoisotopic (exact) mass is 229 g/mol. The number of imidazole rings is 1. The number of aromatic nitrogens is 2. The summed E-state index contributed by atoms with van der Waals surface area (Å²) in [6.07, 6.45) is 3.71. The number of benzene rings is 1. The number of rotatable bonds is 3. The molecule has 0 aliphatic rings. The summed E-state index contributed by atoms with van der Waals surface area (Å²) in [7, 11) is 1.97. The van der Waals surface area contributed by atoms with Gasteiger partial charge in [-0.15, -0.1) is 0 Å². The molecule has 3 nitrogen and oxygen atoms in total. The Bertz CT molecular complexity index is 525. The van der Waals surface area contributed by atoms with E-state index in [1.165, 1.54) is 0 Å². The van der Waals surface area contributed by atoms with Crippen LogP contribution in [-0.2, 0) is 12.8 Å². The SMILES string of the molecule is Cn1ccnc1SCc1cccc(C#N)c1. The van der Waals surface area contributed by atoms with E-state index in [2.05, 4.69) is 11.1 Å². The van der Waals surface area contributed by atoms with E-state index in [0.717, 1.165) is 16.5 Å². The fraction of sp³-hybridized carbons (Fsp3) is 0.167. The van der Waals surface area contributed by atoms with Gasteiger partial charge in [0, 0.05) is 25.2 Å². The molecule has 16 heavy (non-hydrogen) atoms. The lowest BCUT2D eigenvalue weighted by molar-refractivity contribution is 0.790. The minimum atomic E-state index is 0.706. The molecule has 2 aromatic rings. The van der Waals surface area contributed by atoms with Crippen molar-refractivity contribution in [2.75, 3.05) is 0 Å². The third kappa shape index (κ3) is 2.44. The standard InChI is InChI=1S/C12H11N3S/c1-15-6-5-14-12(15)16-9-11-4-2-3-10(7-11)8-13/h2-7H,9H2,1H3. The van der Waals surface area contributed by atoms with Crippen molar-refractivity contribution in [1.29, 1.82) is 5.26 Å². The van der Waals surface area contributed by atoms with Gasteiger partial charge in [0.05, 0.1) is 11.6 Å². The number of aryl methyl sites for hydroxylation is 1. The van der Waals surface area contributed by atoms with Crippen LogP contribution in [0.25, 0.3) is 0 Å². The Balaban J connectivity index is 2.05. The molecule has 1 aromatic heterocycles. The summed E-state index contributed by atoms with van der Waals surface area (Å²) in [6.45, 7) is 0. The molecule has 1 aromatic carbocycles. The fourth-order valence-corrected chi connectivity index (χ4v) is 2.24. The van der Waals surface area contributed by atoms with Crippen LogP contribution >= 0.6 is 11.8 Å². The highest BCUT2D eigenvalue weighted by atomic mass is 32.2. The van der Waals surface area contributed by atoms with Gasteiger partial charge in [0.1, 0.15) is 0 Å². The van der Waals surface area contributed by atoms with Crippen LogP contribution in [0.3, 0.4) is 0 Å². The maximum atomic E-state index is 8.79. The van der Waals surface area contributed by atoms with Crippen LogP contribution in [0.5, 0.6) is 0 Å². The minimum Gasteiger partial charge on any atom is -0.329 e. The van der Waals surface area contributed by atoms with Gasteiger partial charge < -0.3 is 4.57 Å². The van der Waals surface area contributed by atoms with Gasteiger partial charge >= 0.3 is 0 Å². The summed E-state index contributed by atoms with van der Waals surface area (Å²) < 4.78 is 1.98. The molecule has 2 rings (SSSR count). The normalized spacial score (nSPS) is 10.0. The molecule has 0 atom stereocenters. The van der Waals surface area contributed by atoms with Gasteiger partial charge in [0.25, 0.3) is 0 Å². The second-order valence-electron chi connectivity index (χ2n) is 3.42. The van der Waals surface area contributed by atoms with Crippen LogP contribution < -0.4 is 0 Å². The van der Waals surface area contributed by atoms with Crippen LogP contribution in [-0.4, -0.2) is 9.55 Å². The molecule has 0 aliphatic heterocycles. The molecule has 0 bridgehead atoms. The molecule has 1 heterocycles. The smallest absolute Gasteiger partial charge is 0.167 e. The van der Waals surface area contributed by atoms with Gasteiger partial charge in [-0.1, -0.05) is 23.9 Å². The van der Waals surface area contributed by atoms with E-state index >= 15 is 0 Å². The van der Waals surface area contributed by atoms with Crippen LogP contribution in [0.15, 0.2) is 41.8 Å². The van der Waals surface area contributed by atoms with Gasteiger partial charge in [-0.05, 0) is 17.7 Å². The zero-order valence-electron chi connectivity index (χ0n) is 8.92. The van der Waals surface area contributed by atoms with Crippen LogP contribution in [0.4, 0.5) is 0 Å². The fourth-order valence-electron chi connectivity index (χ4n) is 1.37. The molecular weight excluding hydrogens is 218 g/mol. The zero-order valence-corrected chi connectivity index (χ0v) is 9.74. The molecule has 0 radical (unpaired) electrons. The lowest BCUT2D eigenvalue weighted by Gasteiger charge is -2.02. The van der Waals surface area contributed by atoms with Crippen molar-refractivity contribution in [3.63, 3.8) is 0 Å². The molecular formula is C12H11N3S. The van der Waals surface area contributed by atoms with E-state index in [4.69, 9.17) is 5.26 Å². The number of thioether (sulfide) groups is 1. The van der Waals surface area contributed by atoms with Crippen molar-refractivity contribution >= 4 is 11.8 Å². The second-order valence-corrected chi connectivity index (χ2v) is 4.36. The van der Waals surface area contributed by atoms with E-state index in [0.29, 0.717) is 5.56 Å². The van der Waals surface area contributed by atoms with E-state index in [1.807, 2.05) is 42.1 Å². The maximum Gasteiger partial charge on any atom is 0.167 e. The first-order valence-corrected chi connectivity index (χ1v) is 5.87. The Morgan fingerprint density at radius 2 is 2.38 bits per heavy atom. The van der Waals surface area contributed by atoms with Crippen LogP contribution in [0, 0.1) is 11.3 Å². The van der Waals surface area contributed by atoms with Crippen LogP contribution in [0.1, 0.15) is 11.1 Å². The van der Waals surface area contributed by atoms with Gasteiger partial charge in [-0.25, -0.2) is 4.98 Å². The van der Waals surface area contributed by atoms with Gasteiger partial charge in [-0.2, -0.15) is 5.26 Å². The summed E-state index contributed by atoms with van der Waals surface area (Å²) in [5.74, 6) is 0.834. The lowest BCUT2D eigenvalue weighted by Crippen LogP contribution is -1.90. The first kappa shape index (κ1) is 10.8. The highest BCUT2D eigenvalue weighted by molar-refractivity contribution is 7.98. The molecule has 80 valence electrons. The van der Waals surface area contributed by atoms with Crippen molar-refractivity contribution in [3.05, 3.63) is 47.8 Å². The van der Waals surface area contributed by atoms with E-state index in [9.17, 15) is 0 Å². The molecule has 0 spiro atoms. The molecule has 0 unspecified atom stereocenters. The van der Waals surface area contributed by atoms with E-state index in [-0.39, 0.29) is 0 Å². The van der Waals surface area contributed by atoms with E-state index in [1.54, 1.807) is 18.0 Å². The quantitative estimate of drug-likeness (QED) is 0.760. The first-order valence-electron chi connectivity index (χ1n) is 4.89. The molecule has 4 heteroatoms. The molecule has 0 saturated heterocycles. The average Bonchev–Trinajstić information content (AvgIpc) is 2.72. The Morgan fingerprint density at radius 1 is 1.50 bits per heavy atom. The maximum absolute atomic E-state index is 8.79. The Morgan fingerprint density at radius 3 is 3.06 bits per heavy atom. The van der Waals surface area contributed by atoms with Gasteiger partial charge in [0.15, 0.2) is 5.16 Å². The molecule has 0 fully saturated rings. The third-order valence-electron chi connectivity index (χ3n) is 2.20. The summed E-state index contributed by atoms with van der Waals surface area (Å²) in [5.41, 5.74) is 1.85. The topological polar surface area (TPSA) is 41.6 Å². The van der Waals surface area contributed by atoms with Crippen molar-refractivity contribution in [3.8, 4) is 6.07 Å². The molecule has 0 saturated carbocycles. The highest BCUT2D eigenvalue weighted by Gasteiger charge is 2.01. The van der Waals surface area contributed by atoms with Gasteiger partial charge in [-0.3, -0.25) is 0 Å². The third-order valence-corrected chi connectivity index (χ3v) is 3.33. The number of nitrogens with zero attached hydrogens (tertiary/aromatic N) is 3. The van der Waals surface area contributed by atoms with Crippen LogP contribution in [0.2, 0.25) is 0 Å². The largest absolute Gasteiger partial charge is 0.329 e. The van der Waals surface area contributed by atoms with E-state index < -0.39 is 0 Å². The predicted octanol–water partition coefficient (Wildman–Crippen LogP) is 2.58. The molecule has 0 N–H and O–H groups in total. The molecule has 0 aliphatic carbocycles. The predicted molar refractivity (Wildman–Crippen MR) is 63.9 cm³/mol. The zero-order chi connectivity index (χ0) is 11.4. The van der Waals surface area contributed by atoms with Crippen molar-refractivity contribution in [2.24, 2.45) is 7.05 Å². The first-order chi connectivity index (χ1) is 7.79. The second kappa shape index (κ2) is 4.86. The number of nitriles is 1. The number of hydrogen-bond acceptors (Lipinski definition) is 3. The van der Waals surface area contributed by atoms with Gasteiger partial charge in [0.2, 0.25) is 0 Å².